The summed E-state index contributed by atoms with van der Waals surface area (Å²) in [7, 11) is 0. The van der Waals surface area contributed by atoms with E-state index in [0.717, 1.165) is 86.5 Å². The maximum Gasteiger partial charge on any atom is 0.193 e. The molecule has 2 aliphatic heterocycles. The van der Waals surface area contributed by atoms with Gasteiger partial charge in [0.2, 0.25) is 0 Å². The summed E-state index contributed by atoms with van der Waals surface area (Å²) in [6, 6.07) is 13.2. The van der Waals surface area contributed by atoms with E-state index in [-0.39, 0.29) is 11.2 Å². The number of allylic oxidation sites excluding steroid dienone is 2. The molecule has 2 heterocycles. The van der Waals surface area contributed by atoms with Gasteiger partial charge in [0.25, 0.3) is 0 Å². The molecule has 0 bridgehead atoms. The third-order valence-corrected chi connectivity index (χ3v) is 8.60. The second-order valence-corrected chi connectivity index (χ2v) is 11.0. The predicted molar refractivity (Wildman–Crippen MR) is 138 cm³/mol. The lowest BCUT2D eigenvalue weighted by molar-refractivity contribution is -0.0660. The van der Waals surface area contributed by atoms with Crippen LogP contribution in [0, 0.1) is 11.3 Å². The third kappa shape index (κ3) is 3.46. The van der Waals surface area contributed by atoms with Crippen molar-refractivity contribution in [1.82, 2.24) is 4.90 Å². The molecule has 0 unspecified atom stereocenters. The van der Waals surface area contributed by atoms with E-state index in [1.807, 2.05) is 18.2 Å². The summed E-state index contributed by atoms with van der Waals surface area (Å²) in [5, 5.41) is 9.38. The standard InChI is InChI=1S/C30H33N3O2/c1-4-5-20-13-24-25(15-27(20)33-10-8-32(9-11-33)22-17-35-18-22)30(2,3)26-14-21-12-19(16-31)6-7-23(21)28(26)29(24)34/h6-7,12-13,15,22H,4-5,8-11,14,17-18H2,1-3H3. The average molecular weight is 468 g/mol. The number of aryl methyl sites for hydroxylation is 1. The van der Waals surface area contributed by atoms with Gasteiger partial charge in [-0.25, -0.2) is 0 Å². The average Bonchev–Trinajstić information content (AvgIpc) is 3.22. The topological polar surface area (TPSA) is 56.6 Å². The zero-order valence-electron chi connectivity index (χ0n) is 21.0. The summed E-state index contributed by atoms with van der Waals surface area (Å²) in [5.74, 6) is 0.150. The van der Waals surface area contributed by atoms with Crippen LogP contribution in [0.5, 0.6) is 0 Å². The first-order valence-corrected chi connectivity index (χ1v) is 13.0. The van der Waals surface area contributed by atoms with Crippen LogP contribution < -0.4 is 4.90 Å². The zero-order valence-corrected chi connectivity index (χ0v) is 21.0. The largest absolute Gasteiger partial charge is 0.378 e. The van der Waals surface area contributed by atoms with Crippen molar-refractivity contribution in [2.75, 3.05) is 44.3 Å². The molecule has 0 spiro atoms. The number of ether oxygens (including phenoxy) is 1. The molecule has 4 aliphatic rings. The Hall–Kier alpha value is -2.94. The molecule has 2 saturated heterocycles. The second kappa shape index (κ2) is 8.33. The van der Waals surface area contributed by atoms with E-state index in [9.17, 15) is 10.1 Å². The van der Waals surface area contributed by atoms with Gasteiger partial charge in [-0.1, -0.05) is 33.3 Å². The normalized spacial score (nSPS) is 21.3. The number of anilines is 1. The number of carbonyl (C=O) groups is 1. The van der Waals surface area contributed by atoms with Crippen molar-refractivity contribution in [2.24, 2.45) is 0 Å². The van der Waals surface area contributed by atoms with Gasteiger partial charge in [-0.2, -0.15) is 5.26 Å². The molecule has 2 fully saturated rings. The zero-order chi connectivity index (χ0) is 24.3. The van der Waals surface area contributed by atoms with Crippen LogP contribution in [0.1, 0.15) is 65.4 Å². The molecular weight excluding hydrogens is 434 g/mol. The van der Waals surface area contributed by atoms with Gasteiger partial charge in [0.1, 0.15) is 0 Å². The fourth-order valence-electron chi connectivity index (χ4n) is 6.45. The molecule has 5 heteroatoms. The minimum absolute atomic E-state index is 0.150. The van der Waals surface area contributed by atoms with E-state index in [4.69, 9.17) is 4.74 Å². The predicted octanol–water partition coefficient (Wildman–Crippen LogP) is 4.52. The summed E-state index contributed by atoms with van der Waals surface area (Å²) in [6.45, 7) is 12.6. The molecule has 2 aliphatic carbocycles. The highest BCUT2D eigenvalue weighted by Gasteiger charge is 2.43. The van der Waals surface area contributed by atoms with Gasteiger partial charge in [0, 0.05) is 48.4 Å². The molecule has 5 nitrogen and oxygen atoms in total. The number of fused-ring (bicyclic) bond motifs is 3. The number of hydrogen-bond donors (Lipinski definition) is 0. The molecule has 0 saturated carbocycles. The molecule has 2 aromatic rings. The van der Waals surface area contributed by atoms with Crippen molar-refractivity contribution >= 4 is 17.0 Å². The molecule has 0 radical (unpaired) electrons. The summed E-state index contributed by atoms with van der Waals surface area (Å²) in [6.07, 6.45) is 2.77. The van der Waals surface area contributed by atoms with E-state index < -0.39 is 0 Å². The van der Waals surface area contributed by atoms with Crippen LogP contribution in [-0.2, 0) is 23.0 Å². The molecule has 0 aromatic heterocycles. The monoisotopic (exact) mass is 467 g/mol. The molecule has 0 atom stereocenters. The van der Waals surface area contributed by atoms with Crippen LogP contribution in [0.25, 0.3) is 5.57 Å². The number of rotatable bonds is 4. The summed E-state index contributed by atoms with van der Waals surface area (Å²) in [4.78, 5) is 19.0. The smallest absolute Gasteiger partial charge is 0.193 e. The first kappa shape index (κ1) is 22.5. The molecule has 35 heavy (non-hydrogen) atoms. The van der Waals surface area contributed by atoms with Gasteiger partial charge in [0.05, 0.1) is 30.9 Å². The Kier molecular flexibility index (Phi) is 5.36. The number of hydrogen-bond acceptors (Lipinski definition) is 5. The number of benzene rings is 2. The fourth-order valence-corrected chi connectivity index (χ4v) is 6.45. The SMILES string of the molecule is CCCc1cc2c(cc1N1CCN(C3COC3)CC1)C(C)(C)C1=C(C2=O)c2ccc(C#N)cc2C1. The molecule has 0 N–H and O–H groups in total. The molecule has 6 rings (SSSR count). The number of ketones is 1. The van der Waals surface area contributed by atoms with Crippen LogP contribution in [0.15, 0.2) is 35.9 Å². The van der Waals surface area contributed by atoms with E-state index in [0.29, 0.717) is 11.6 Å². The van der Waals surface area contributed by atoms with Crippen LogP contribution >= 0.6 is 0 Å². The third-order valence-electron chi connectivity index (χ3n) is 8.60. The van der Waals surface area contributed by atoms with Gasteiger partial charge >= 0.3 is 0 Å². The highest BCUT2D eigenvalue weighted by atomic mass is 16.5. The van der Waals surface area contributed by atoms with E-state index in [1.165, 1.54) is 16.8 Å². The fraction of sp³-hybridized carbons (Fsp3) is 0.467. The van der Waals surface area contributed by atoms with Crippen molar-refractivity contribution in [1.29, 1.82) is 5.26 Å². The number of nitrogens with zero attached hydrogens (tertiary/aromatic N) is 3. The van der Waals surface area contributed by atoms with Crippen molar-refractivity contribution in [2.45, 2.75) is 51.5 Å². The molecular formula is C30H33N3O2. The Morgan fingerprint density at radius 2 is 1.86 bits per heavy atom. The van der Waals surface area contributed by atoms with Crippen LogP contribution in [0.3, 0.4) is 0 Å². The maximum atomic E-state index is 13.9. The van der Waals surface area contributed by atoms with Gasteiger partial charge in [0.15, 0.2) is 5.78 Å². The van der Waals surface area contributed by atoms with E-state index >= 15 is 0 Å². The van der Waals surface area contributed by atoms with Crippen molar-refractivity contribution in [3.05, 3.63) is 69.3 Å². The maximum absolute atomic E-state index is 13.9. The number of carbonyl (C=O) groups excluding carboxylic acids is 1. The summed E-state index contributed by atoms with van der Waals surface area (Å²) in [5.41, 5.74) is 9.22. The highest BCUT2D eigenvalue weighted by Crippen LogP contribution is 2.51. The number of piperazine rings is 1. The highest BCUT2D eigenvalue weighted by molar-refractivity contribution is 6.33. The number of nitriles is 1. The first-order valence-electron chi connectivity index (χ1n) is 13.0. The molecule has 180 valence electrons. The quantitative estimate of drug-likeness (QED) is 0.662. The van der Waals surface area contributed by atoms with Gasteiger partial charge in [-0.15, -0.1) is 0 Å². The summed E-state index contributed by atoms with van der Waals surface area (Å²) < 4.78 is 5.41. The van der Waals surface area contributed by atoms with Crippen molar-refractivity contribution < 1.29 is 9.53 Å². The second-order valence-electron chi connectivity index (χ2n) is 11.0. The molecule has 2 aromatic carbocycles. The van der Waals surface area contributed by atoms with Crippen LogP contribution in [0.4, 0.5) is 5.69 Å². The lowest BCUT2D eigenvalue weighted by Crippen LogP contribution is -2.56. The van der Waals surface area contributed by atoms with Crippen molar-refractivity contribution in [3.8, 4) is 6.07 Å². The van der Waals surface area contributed by atoms with Crippen LogP contribution in [-0.4, -0.2) is 56.1 Å². The number of Topliss-reactive ketones (excluding diaryl/α,β-unsaturated/α-hetero) is 1. The first-order chi connectivity index (χ1) is 16.9. The summed E-state index contributed by atoms with van der Waals surface area (Å²) >= 11 is 0. The lowest BCUT2D eigenvalue weighted by Gasteiger charge is -2.44. The van der Waals surface area contributed by atoms with E-state index in [1.54, 1.807) is 0 Å². The van der Waals surface area contributed by atoms with Gasteiger partial charge in [-0.05, 0) is 64.9 Å². The Labute approximate surface area is 208 Å². The minimum atomic E-state index is -0.241. The van der Waals surface area contributed by atoms with Gasteiger partial charge < -0.3 is 9.64 Å². The Balaban J connectivity index is 1.39. The molecule has 0 amide bonds. The minimum Gasteiger partial charge on any atom is -0.378 e. The van der Waals surface area contributed by atoms with Crippen LogP contribution in [0.2, 0.25) is 0 Å². The van der Waals surface area contributed by atoms with Crippen molar-refractivity contribution in [3.63, 3.8) is 0 Å². The van der Waals surface area contributed by atoms with Gasteiger partial charge in [-0.3, -0.25) is 9.69 Å². The Bertz CT molecular complexity index is 1290. The Morgan fingerprint density at radius 1 is 1.09 bits per heavy atom. The Morgan fingerprint density at radius 3 is 2.51 bits per heavy atom. The van der Waals surface area contributed by atoms with E-state index in [2.05, 4.69) is 48.8 Å². The lowest BCUT2D eigenvalue weighted by atomic mass is 9.68.